The minimum absolute atomic E-state index is 0.131. The van der Waals surface area contributed by atoms with Crippen molar-refractivity contribution >= 4 is 33.9 Å². The van der Waals surface area contributed by atoms with Crippen molar-refractivity contribution in [3.8, 4) is 0 Å². The minimum Gasteiger partial charge on any atom is -0.478 e. The molecule has 132 valence electrons. The highest BCUT2D eigenvalue weighted by Gasteiger charge is 2.13. The molecule has 6 nitrogen and oxygen atoms in total. The van der Waals surface area contributed by atoms with Crippen molar-refractivity contribution < 1.29 is 9.90 Å². The third kappa shape index (κ3) is 3.54. The summed E-state index contributed by atoms with van der Waals surface area (Å²) in [7, 11) is 0. The number of aromatic carboxylic acids is 1. The average molecular weight is 348 g/mol. The van der Waals surface area contributed by atoms with Gasteiger partial charge >= 0.3 is 5.97 Å². The highest BCUT2D eigenvalue weighted by molar-refractivity contribution is 5.95. The molecule has 0 fully saturated rings. The number of azo groups is 1. The maximum absolute atomic E-state index is 11.7. The minimum atomic E-state index is -1.02. The Morgan fingerprint density at radius 1 is 1.04 bits per heavy atom. The quantitative estimate of drug-likeness (QED) is 0.621. The summed E-state index contributed by atoms with van der Waals surface area (Å²) in [5.74, 6) is -1.02. The smallest absolute Gasteiger partial charge is 0.338 e. The molecule has 2 aromatic carbocycles. The highest BCUT2D eigenvalue weighted by atomic mass is 16.4. The van der Waals surface area contributed by atoms with Gasteiger partial charge < -0.3 is 10.0 Å². The van der Waals surface area contributed by atoms with Gasteiger partial charge in [0.15, 0.2) is 0 Å². The van der Waals surface area contributed by atoms with Crippen LogP contribution in [0.4, 0.5) is 17.1 Å². The molecule has 0 radical (unpaired) electrons. The fraction of sp³-hybridized carbons (Fsp3) is 0.200. The van der Waals surface area contributed by atoms with Gasteiger partial charge in [-0.15, -0.1) is 10.2 Å². The molecule has 0 bridgehead atoms. The van der Waals surface area contributed by atoms with Gasteiger partial charge in [-0.3, -0.25) is 4.98 Å². The third-order valence-corrected chi connectivity index (χ3v) is 4.22. The number of fused-ring (bicyclic) bond motifs is 1. The van der Waals surface area contributed by atoms with Gasteiger partial charge in [0.25, 0.3) is 0 Å². The van der Waals surface area contributed by atoms with Crippen LogP contribution < -0.4 is 4.90 Å². The van der Waals surface area contributed by atoms with E-state index < -0.39 is 5.97 Å². The van der Waals surface area contributed by atoms with E-state index >= 15 is 0 Å². The Balaban J connectivity index is 2.01. The Morgan fingerprint density at radius 3 is 2.50 bits per heavy atom. The lowest BCUT2D eigenvalue weighted by Crippen LogP contribution is -2.22. The van der Waals surface area contributed by atoms with Crippen molar-refractivity contribution in [1.29, 1.82) is 0 Å². The van der Waals surface area contributed by atoms with Crippen molar-refractivity contribution in [2.75, 3.05) is 18.0 Å². The molecule has 26 heavy (non-hydrogen) atoms. The van der Waals surface area contributed by atoms with Crippen LogP contribution in [0, 0.1) is 0 Å². The zero-order valence-electron chi connectivity index (χ0n) is 14.8. The third-order valence-electron chi connectivity index (χ3n) is 4.22. The predicted molar refractivity (Wildman–Crippen MR) is 103 cm³/mol. The Bertz CT molecular complexity index is 960. The lowest BCUT2D eigenvalue weighted by Gasteiger charge is -2.21. The van der Waals surface area contributed by atoms with Crippen LogP contribution in [0.2, 0.25) is 0 Å². The van der Waals surface area contributed by atoms with Crippen molar-refractivity contribution in [3.05, 3.63) is 60.3 Å². The molecule has 0 saturated heterocycles. The number of carboxylic acids is 1. The van der Waals surface area contributed by atoms with Crippen LogP contribution in [-0.4, -0.2) is 29.1 Å². The van der Waals surface area contributed by atoms with E-state index in [4.69, 9.17) is 0 Å². The molecule has 6 heteroatoms. The zero-order chi connectivity index (χ0) is 18.5. The van der Waals surface area contributed by atoms with E-state index in [2.05, 4.69) is 20.1 Å². The second-order valence-corrected chi connectivity index (χ2v) is 5.73. The second kappa shape index (κ2) is 7.74. The van der Waals surface area contributed by atoms with Crippen LogP contribution in [0.25, 0.3) is 10.9 Å². The number of para-hydroxylation sites is 1. The maximum Gasteiger partial charge on any atom is 0.338 e. The van der Waals surface area contributed by atoms with Crippen LogP contribution in [0.15, 0.2) is 65.0 Å². The summed E-state index contributed by atoms with van der Waals surface area (Å²) in [4.78, 5) is 18.1. The summed E-state index contributed by atoms with van der Waals surface area (Å²) in [6.45, 7) is 5.67. The zero-order valence-corrected chi connectivity index (χ0v) is 14.8. The Morgan fingerprint density at radius 2 is 1.77 bits per heavy atom. The molecular weight excluding hydrogens is 328 g/mol. The maximum atomic E-state index is 11.7. The van der Waals surface area contributed by atoms with Crippen LogP contribution in [0.1, 0.15) is 24.2 Å². The molecule has 0 aliphatic heterocycles. The van der Waals surface area contributed by atoms with Gasteiger partial charge in [-0.1, -0.05) is 18.2 Å². The van der Waals surface area contributed by atoms with E-state index in [9.17, 15) is 9.90 Å². The summed E-state index contributed by atoms with van der Waals surface area (Å²) in [5.41, 5.74) is 2.65. The number of nitrogens with zero attached hydrogens (tertiary/aromatic N) is 4. The van der Waals surface area contributed by atoms with E-state index in [1.165, 1.54) is 0 Å². The number of rotatable bonds is 6. The molecule has 0 atom stereocenters. The first-order valence-corrected chi connectivity index (χ1v) is 8.51. The molecule has 0 aliphatic rings. The lowest BCUT2D eigenvalue weighted by molar-refractivity contribution is 0.0698. The van der Waals surface area contributed by atoms with E-state index in [1.807, 2.05) is 50.2 Å². The van der Waals surface area contributed by atoms with Crippen molar-refractivity contribution in [2.45, 2.75) is 13.8 Å². The van der Waals surface area contributed by atoms with Gasteiger partial charge in [0.1, 0.15) is 11.4 Å². The summed E-state index contributed by atoms with van der Waals surface area (Å²) in [6, 6.07) is 14.6. The van der Waals surface area contributed by atoms with Gasteiger partial charge in [-0.25, -0.2) is 4.79 Å². The standard InChI is InChI=1S/C20H20N4O2/c1-3-24(4-2)15-10-11-17(16(13-15)20(25)26)22-23-18-9-5-7-14-8-6-12-21-19(14)18/h5-13H,3-4H2,1-2H3,(H,25,26). The van der Waals surface area contributed by atoms with Crippen molar-refractivity contribution in [2.24, 2.45) is 10.2 Å². The first kappa shape index (κ1) is 17.5. The van der Waals surface area contributed by atoms with Gasteiger partial charge in [0.05, 0.1) is 11.1 Å². The lowest BCUT2D eigenvalue weighted by atomic mass is 10.1. The molecule has 1 aromatic heterocycles. The number of pyridine rings is 1. The number of carboxylic acid groups (broad SMARTS) is 1. The van der Waals surface area contributed by atoms with Crippen LogP contribution in [-0.2, 0) is 0 Å². The molecule has 3 aromatic rings. The fourth-order valence-corrected chi connectivity index (χ4v) is 2.84. The van der Waals surface area contributed by atoms with Gasteiger partial charge in [0, 0.05) is 30.4 Å². The number of hydrogen-bond acceptors (Lipinski definition) is 5. The topological polar surface area (TPSA) is 78.2 Å². The van der Waals surface area contributed by atoms with Gasteiger partial charge in [-0.05, 0) is 44.2 Å². The van der Waals surface area contributed by atoms with Gasteiger partial charge in [0.2, 0.25) is 0 Å². The van der Waals surface area contributed by atoms with E-state index in [-0.39, 0.29) is 5.56 Å². The number of benzene rings is 2. The summed E-state index contributed by atoms with van der Waals surface area (Å²) < 4.78 is 0. The molecule has 0 unspecified atom stereocenters. The van der Waals surface area contributed by atoms with E-state index in [0.29, 0.717) is 11.4 Å². The SMILES string of the molecule is CCN(CC)c1ccc(N=Nc2cccc3cccnc23)c(C(=O)O)c1. The normalized spacial score (nSPS) is 11.2. The summed E-state index contributed by atoms with van der Waals surface area (Å²) in [6.07, 6.45) is 1.70. The average Bonchev–Trinajstić information content (AvgIpc) is 2.67. The number of hydrogen-bond donors (Lipinski definition) is 1. The summed E-state index contributed by atoms with van der Waals surface area (Å²) >= 11 is 0. The largest absolute Gasteiger partial charge is 0.478 e. The van der Waals surface area contributed by atoms with E-state index in [0.717, 1.165) is 29.7 Å². The van der Waals surface area contributed by atoms with Crippen LogP contribution in [0.3, 0.4) is 0 Å². The molecular formula is C20H20N4O2. The Kier molecular flexibility index (Phi) is 5.22. The molecule has 1 heterocycles. The number of carbonyl (C=O) groups is 1. The Hall–Kier alpha value is -3.28. The second-order valence-electron chi connectivity index (χ2n) is 5.73. The van der Waals surface area contributed by atoms with Gasteiger partial charge in [-0.2, -0.15) is 0 Å². The summed E-state index contributed by atoms with van der Waals surface area (Å²) in [5, 5.41) is 18.9. The highest BCUT2D eigenvalue weighted by Crippen LogP contribution is 2.29. The first-order valence-electron chi connectivity index (χ1n) is 8.51. The van der Waals surface area contributed by atoms with Crippen molar-refractivity contribution in [1.82, 2.24) is 4.98 Å². The molecule has 1 N–H and O–H groups in total. The predicted octanol–water partition coefficient (Wildman–Crippen LogP) is 5.19. The molecule has 3 rings (SSSR count). The number of aromatic nitrogens is 1. The fourth-order valence-electron chi connectivity index (χ4n) is 2.84. The molecule has 0 aliphatic carbocycles. The Labute approximate surface area is 151 Å². The molecule has 0 spiro atoms. The molecule has 0 amide bonds. The van der Waals surface area contributed by atoms with Crippen molar-refractivity contribution in [3.63, 3.8) is 0 Å². The number of anilines is 1. The first-order chi connectivity index (χ1) is 12.6. The monoisotopic (exact) mass is 348 g/mol. The van der Waals surface area contributed by atoms with E-state index in [1.54, 1.807) is 18.3 Å². The van der Waals surface area contributed by atoms with Crippen LogP contribution in [0.5, 0.6) is 0 Å². The van der Waals surface area contributed by atoms with Crippen LogP contribution >= 0.6 is 0 Å². The molecule has 0 saturated carbocycles.